The van der Waals surface area contributed by atoms with E-state index in [1.54, 1.807) is 4.57 Å². The molecule has 1 aliphatic rings. The van der Waals surface area contributed by atoms with E-state index in [2.05, 4.69) is 0 Å². The molecule has 0 amide bonds. The zero-order valence-electron chi connectivity index (χ0n) is 15.8. The molecule has 1 unspecified atom stereocenters. The molecule has 1 aromatic carbocycles. The molecule has 1 aromatic heterocycles. The van der Waals surface area contributed by atoms with Gasteiger partial charge >= 0.3 is 5.97 Å². The number of carbonyl (C=O) groups is 1. The average molecular weight is 416 g/mol. The summed E-state index contributed by atoms with van der Waals surface area (Å²) in [5.41, 5.74) is -0.625. The first-order valence-electron chi connectivity index (χ1n) is 9.26. The number of carboxylic acid groups (broad SMARTS) is 1. The van der Waals surface area contributed by atoms with E-state index in [1.165, 1.54) is 0 Å². The van der Waals surface area contributed by atoms with E-state index in [0.29, 0.717) is 18.5 Å². The Kier molecular flexibility index (Phi) is 6.83. The van der Waals surface area contributed by atoms with Crippen molar-refractivity contribution in [1.29, 1.82) is 0 Å². The molecular weight excluding hydrogens is 392 g/mol. The number of benzene rings is 1. The van der Waals surface area contributed by atoms with Gasteiger partial charge in [0.1, 0.15) is 17.6 Å². The number of aromatic nitrogens is 1. The smallest absolute Gasteiger partial charge is 0.341 e. The number of unbranched alkanes of at least 4 members (excludes halogenated alkanes) is 1. The van der Waals surface area contributed by atoms with Gasteiger partial charge in [-0.05, 0) is 30.9 Å². The van der Waals surface area contributed by atoms with Crippen LogP contribution >= 0.6 is 11.6 Å². The standard InChI is InChI=1S/C20H22ClF2NO3.H2O/c1-3-5-6-10(4-2)17-16(20(26)27)19(25)12-7-11(22)8-13(21)18(12)24(17)15-9-14(15)23;/h7-8,10,14-15H,3-6,9H2,1-2H3,(H,26,27);1H2/t10?,14-,15+;/m0./s1. The molecule has 8 heteroatoms. The molecule has 3 rings (SSSR count). The highest BCUT2D eigenvalue weighted by atomic mass is 35.5. The van der Waals surface area contributed by atoms with Crippen LogP contribution in [0.25, 0.3) is 10.9 Å². The fourth-order valence-electron chi connectivity index (χ4n) is 3.83. The van der Waals surface area contributed by atoms with Gasteiger partial charge in [0.2, 0.25) is 5.43 Å². The zero-order valence-corrected chi connectivity index (χ0v) is 16.5. The topological polar surface area (TPSA) is 90.8 Å². The Morgan fingerprint density at radius 1 is 1.39 bits per heavy atom. The summed E-state index contributed by atoms with van der Waals surface area (Å²) < 4.78 is 29.5. The van der Waals surface area contributed by atoms with E-state index < -0.39 is 35.0 Å². The van der Waals surface area contributed by atoms with Crippen LogP contribution in [-0.4, -0.2) is 27.3 Å². The van der Waals surface area contributed by atoms with Crippen molar-refractivity contribution in [2.45, 2.75) is 64.1 Å². The van der Waals surface area contributed by atoms with Gasteiger partial charge < -0.3 is 15.1 Å². The number of pyridine rings is 1. The second-order valence-electron chi connectivity index (χ2n) is 7.11. The maximum Gasteiger partial charge on any atom is 0.341 e. The summed E-state index contributed by atoms with van der Waals surface area (Å²) in [7, 11) is 0. The van der Waals surface area contributed by atoms with Gasteiger partial charge in [-0.25, -0.2) is 13.6 Å². The molecular formula is C20H24ClF2NO4. The first-order valence-corrected chi connectivity index (χ1v) is 9.64. The third kappa shape index (κ3) is 3.78. The van der Waals surface area contributed by atoms with Crippen molar-refractivity contribution in [1.82, 2.24) is 4.57 Å². The van der Waals surface area contributed by atoms with E-state index in [9.17, 15) is 23.5 Å². The number of hydrogen-bond donors (Lipinski definition) is 1. The average Bonchev–Trinajstić information content (AvgIpc) is 3.32. The largest absolute Gasteiger partial charge is 0.477 e. The first kappa shape index (κ1) is 22.3. The van der Waals surface area contributed by atoms with Crippen LogP contribution in [0.15, 0.2) is 16.9 Å². The Labute approximate surface area is 166 Å². The number of halogens is 3. The molecule has 0 spiro atoms. The second-order valence-corrected chi connectivity index (χ2v) is 7.52. The number of rotatable bonds is 7. The minimum atomic E-state index is -1.38. The molecule has 0 aliphatic heterocycles. The van der Waals surface area contributed by atoms with Gasteiger partial charge in [0.05, 0.1) is 22.0 Å². The molecule has 1 aliphatic carbocycles. The van der Waals surface area contributed by atoms with Crippen molar-refractivity contribution in [2.24, 2.45) is 0 Å². The van der Waals surface area contributed by atoms with E-state index in [4.69, 9.17) is 11.6 Å². The number of fused-ring (bicyclic) bond motifs is 1. The summed E-state index contributed by atoms with van der Waals surface area (Å²) in [6, 6.07) is 1.48. The van der Waals surface area contributed by atoms with Crippen LogP contribution in [0.2, 0.25) is 5.02 Å². The minimum absolute atomic E-state index is 0. The highest BCUT2D eigenvalue weighted by Crippen LogP contribution is 2.45. The van der Waals surface area contributed by atoms with Gasteiger partial charge in [0.25, 0.3) is 0 Å². The lowest BCUT2D eigenvalue weighted by Crippen LogP contribution is -2.27. The van der Waals surface area contributed by atoms with Gasteiger partial charge in [0, 0.05) is 12.1 Å². The molecule has 1 saturated carbocycles. The van der Waals surface area contributed by atoms with Crippen molar-refractivity contribution >= 4 is 28.5 Å². The van der Waals surface area contributed by atoms with Gasteiger partial charge in [-0.15, -0.1) is 0 Å². The lowest BCUT2D eigenvalue weighted by atomic mass is 9.90. The molecule has 3 N–H and O–H groups in total. The van der Waals surface area contributed by atoms with Crippen LogP contribution < -0.4 is 5.43 Å². The third-order valence-corrected chi connectivity index (χ3v) is 5.56. The van der Waals surface area contributed by atoms with E-state index in [1.807, 2.05) is 13.8 Å². The van der Waals surface area contributed by atoms with Crippen molar-refractivity contribution in [3.8, 4) is 0 Å². The SMILES string of the molecule is CCCCC(CC)c1c(C(=O)O)c(=O)c2cc(F)cc(Cl)c2n1[C@@H]1C[C@@H]1F.O. The Morgan fingerprint density at radius 2 is 2.04 bits per heavy atom. The van der Waals surface area contributed by atoms with Crippen LogP contribution in [-0.2, 0) is 0 Å². The molecule has 2 aromatic rings. The Balaban J connectivity index is 0.00000280. The number of alkyl halides is 1. The Morgan fingerprint density at radius 3 is 2.54 bits per heavy atom. The Bertz CT molecular complexity index is 960. The van der Waals surface area contributed by atoms with Gasteiger partial charge in [-0.3, -0.25) is 4.79 Å². The summed E-state index contributed by atoms with van der Waals surface area (Å²) in [5.74, 6) is -2.33. The molecule has 154 valence electrons. The summed E-state index contributed by atoms with van der Waals surface area (Å²) in [5, 5.41) is 9.64. The van der Waals surface area contributed by atoms with E-state index in [-0.39, 0.29) is 33.7 Å². The van der Waals surface area contributed by atoms with Crippen LogP contribution in [0.1, 0.15) is 74.0 Å². The quantitative estimate of drug-likeness (QED) is 0.714. The molecule has 28 heavy (non-hydrogen) atoms. The molecule has 1 heterocycles. The summed E-state index contributed by atoms with van der Waals surface area (Å²) in [6.45, 7) is 3.94. The van der Waals surface area contributed by atoms with Crippen molar-refractivity contribution in [3.05, 3.63) is 44.5 Å². The maximum absolute atomic E-state index is 14.1. The van der Waals surface area contributed by atoms with Gasteiger partial charge in [-0.2, -0.15) is 0 Å². The number of nitrogens with zero attached hydrogens (tertiary/aromatic N) is 1. The molecule has 0 radical (unpaired) electrons. The van der Waals surface area contributed by atoms with Crippen molar-refractivity contribution < 1.29 is 24.2 Å². The normalized spacial score (nSPS) is 19.3. The monoisotopic (exact) mass is 415 g/mol. The maximum atomic E-state index is 14.1. The van der Waals surface area contributed by atoms with E-state index >= 15 is 0 Å². The zero-order chi connectivity index (χ0) is 19.9. The minimum Gasteiger partial charge on any atom is -0.477 e. The predicted molar refractivity (Wildman–Crippen MR) is 105 cm³/mol. The van der Waals surface area contributed by atoms with E-state index in [0.717, 1.165) is 25.0 Å². The summed E-state index contributed by atoms with van der Waals surface area (Å²) in [4.78, 5) is 24.9. The molecule has 5 nitrogen and oxygen atoms in total. The van der Waals surface area contributed by atoms with Crippen LogP contribution in [0.4, 0.5) is 8.78 Å². The van der Waals surface area contributed by atoms with Crippen molar-refractivity contribution in [2.75, 3.05) is 0 Å². The van der Waals surface area contributed by atoms with Gasteiger partial charge in [-0.1, -0.05) is 38.3 Å². The highest BCUT2D eigenvalue weighted by Gasteiger charge is 2.43. The van der Waals surface area contributed by atoms with Crippen LogP contribution in [0.3, 0.4) is 0 Å². The number of aromatic carboxylic acids is 1. The molecule has 1 fully saturated rings. The lowest BCUT2D eigenvalue weighted by Gasteiger charge is -2.25. The summed E-state index contributed by atoms with van der Waals surface area (Å²) in [6.07, 6.45) is 2.14. The van der Waals surface area contributed by atoms with Crippen LogP contribution in [0.5, 0.6) is 0 Å². The highest BCUT2D eigenvalue weighted by molar-refractivity contribution is 6.35. The number of carboxylic acids is 1. The predicted octanol–water partition coefficient (Wildman–Crippen LogP) is 4.63. The van der Waals surface area contributed by atoms with Crippen molar-refractivity contribution in [3.63, 3.8) is 0 Å². The third-order valence-electron chi connectivity index (χ3n) is 5.27. The molecule has 3 atom stereocenters. The first-order chi connectivity index (χ1) is 12.8. The molecule has 0 bridgehead atoms. The second kappa shape index (κ2) is 8.57. The molecule has 0 saturated heterocycles. The Hall–Kier alpha value is -1.99. The lowest BCUT2D eigenvalue weighted by molar-refractivity contribution is 0.0692. The summed E-state index contributed by atoms with van der Waals surface area (Å²) >= 11 is 6.25. The van der Waals surface area contributed by atoms with Gasteiger partial charge in [0.15, 0.2) is 0 Å². The fraction of sp³-hybridized carbons (Fsp3) is 0.500. The fourth-order valence-corrected chi connectivity index (χ4v) is 4.13. The number of hydrogen-bond acceptors (Lipinski definition) is 2. The van der Waals surface area contributed by atoms with Crippen LogP contribution in [0, 0.1) is 5.82 Å².